The quantitative estimate of drug-likeness (QED) is 0.799. The highest BCUT2D eigenvalue weighted by Crippen LogP contribution is 2.40. The lowest BCUT2D eigenvalue weighted by Gasteiger charge is -2.38. The Balaban J connectivity index is 1.71. The molecule has 3 fully saturated rings. The van der Waals surface area contributed by atoms with Gasteiger partial charge in [0.15, 0.2) is 0 Å². The molecular formula is C14H27N3O. The third kappa shape index (κ3) is 2.09. The molecule has 1 saturated carbocycles. The SMILES string of the molecule is COC1CCN(C2(CN)CC(C)N(C3CC3)C2)C1. The van der Waals surface area contributed by atoms with Gasteiger partial charge in [0.1, 0.15) is 0 Å². The van der Waals surface area contributed by atoms with Crippen LogP contribution in [-0.4, -0.2) is 66.8 Å². The minimum atomic E-state index is 0.218. The standard InChI is InChI=1S/C14H27N3O/c1-11-7-14(9-15,10-17(11)12-3-4-12)16-6-5-13(8-16)18-2/h11-13H,3-10,15H2,1-2H3. The van der Waals surface area contributed by atoms with Crippen LogP contribution in [0.5, 0.6) is 0 Å². The molecule has 0 bridgehead atoms. The van der Waals surface area contributed by atoms with Crippen molar-refractivity contribution in [2.24, 2.45) is 5.73 Å². The highest BCUT2D eigenvalue weighted by atomic mass is 16.5. The molecule has 4 nitrogen and oxygen atoms in total. The van der Waals surface area contributed by atoms with E-state index in [4.69, 9.17) is 10.5 Å². The van der Waals surface area contributed by atoms with Crippen LogP contribution in [0.1, 0.15) is 32.6 Å². The van der Waals surface area contributed by atoms with E-state index < -0.39 is 0 Å². The molecule has 2 aliphatic heterocycles. The van der Waals surface area contributed by atoms with Crippen LogP contribution in [-0.2, 0) is 4.74 Å². The number of nitrogens with two attached hydrogens (primary N) is 1. The smallest absolute Gasteiger partial charge is 0.0710 e. The van der Waals surface area contributed by atoms with Crippen LogP contribution in [0, 0.1) is 0 Å². The minimum absolute atomic E-state index is 0.218. The maximum Gasteiger partial charge on any atom is 0.0710 e. The van der Waals surface area contributed by atoms with Crippen molar-refractivity contribution in [2.45, 2.75) is 56.3 Å². The second-order valence-electron chi connectivity index (χ2n) is 6.48. The van der Waals surface area contributed by atoms with Gasteiger partial charge < -0.3 is 10.5 Å². The van der Waals surface area contributed by atoms with E-state index in [0.29, 0.717) is 12.1 Å². The largest absolute Gasteiger partial charge is 0.380 e. The van der Waals surface area contributed by atoms with Crippen molar-refractivity contribution in [3.8, 4) is 0 Å². The molecule has 3 atom stereocenters. The molecule has 104 valence electrons. The van der Waals surface area contributed by atoms with Gasteiger partial charge in [-0.1, -0.05) is 0 Å². The zero-order chi connectivity index (χ0) is 12.8. The summed E-state index contributed by atoms with van der Waals surface area (Å²) in [5, 5.41) is 0. The lowest BCUT2D eigenvalue weighted by atomic mass is 9.94. The van der Waals surface area contributed by atoms with Crippen LogP contribution in [0.25, 0.3) is 0 Å². The van der Waals surface area contributed by atoms with Gasteiger partial charge in [-0.25, -0.2) is 0 Å². The highest BCUT2D eigenvalue weighted by molar-refractivity contribution is 5.08. The van der Waals surface area contributed by atoms with Crippen molar-refractivity contribution in [3.63, 3.8) is 0 Å². The van der Waals surface area contributed by atoms with Crippen LogP contribution in [0.2, 0.25) is 0 Å². The van der Waals surface area contributed by atoms with E-state index in [2.05, 4.69) is 16.7 Å². The van der Waals surface area contributed by atoms with Crippen LogP contribution in [0.4, 0.5) is 0 Å². The maximum atomic E-state index is 6.17. The average molecular weight is 253 g/mol. The Morgan fingerprint density at radius 1 is 1.33 bits per heavy atom. The summed E-state index contributed by atoms with van der Waals surface area (Å²) in [6.45, 7) is 6.56. The molecule has 0 radical (unpaired) electrons. The molecule has 0 aromatic rings. The molecule has 4 heteroatoms. The molecular weight excluding hydrogens is 226 g/mol. The summed E-state index contributed by atoms with van der Waals surface area (Å²) in [6, 6.07) is 1.55. The van der Waals surface area contributed by atoms with Gasteiger partial charge in [-0.15, -0.1) is 0 Å². The molecule has 0 aromatic heterocycles. The van der Waals surface area contributed by atoms with Gasteiger partial charge in [0.2, 0.25) is 0 Å². The summed E-state index contributed by atoms with van der Waals surface area (Å²) >= 11 is 0. The number of hydrogen-bond acceptors (Lipinski definition) is 4. The summed E-state index contributed by atoms with van der Waals surface area (Å²) in [5.74, 6) is 0. The van der Waals surface area contributed by atoms with Crippen molar-refractivity contribution in [1.82, 2.24) is 9.80 Å². The number of methoxy groups -OCH3 is 1. The Morgan fingerprint density at radius 3 is 2.67 bits per heavy atom. The van der Waals surface area contributed by atoms with E-state index >= 15 is 0 Å². The Labute approximate surface area is 110 Å². The van der Waals surface area contributed by atoms with Gasteiger partial charge in [-0.2, -0.15) is 0 Å². The normalized spacial score (nSPS) is 42.8. The maximum absolute atomic E-state index is 6.17. The fourth-order valence-electron chi connectivity index (χ4n) is 3.98. The van der Waals surface area contributed by atoms with Crippen molar-refractivity contribution in [2.75, 3.05) is 33.3 Å². The van der Waals surface area contributed by atoms with Gasteiger partial charge in [-0.05, 0) is 32.6 Å². The first kappa shape index (κ1) is 12.9. The van der Waals surface area contributed by atoms with E-state index in [0.717, 1.165) is 32.1 Å². The first-order chi connectivity index (χ1) is 8.68. The predicted molar refractivity (Wildman–Crippen MR) is 72.6 cm³/mol. The first-order valence-corrected chi connectivity index (χ1v) is 7.42. The second kappa shape index (κ2) is 4.75. The predicted octanol–water partition coefficient (Wildman–Crippen LogP) is 0.661. The fraction of sp³-hybridized carbons (Fsp3) is 1.00. The van der Waals surface area contributed by atoms with E-state index in [1.165, 1.54) is 25.8 Å². The lowest BCUT2D eigenvalue weighted by molar-refractivity contribution is 0.0754. The molecule has 3 aliphatic rings. The second-order valence-corrected chi connectivity index (χ2v) is 6.48. The first-order valence-electron chi connectivity index (χ1n) is 7.42. The van der Waals surface area contributed by atoms with Gasteiger partial charge in [0.25, 0.3) is 0 Å². The van der Waals surface area contributed by atoms with E-state index in [1.807, 2.05) is 7.11 Å². The van der Waals surface area contributed by atoms with Crippen LogP contribution in [0.3, 0.4) is 0 Å². The molecule has 3 rings (SSSR count). The molecule has 18 heavy (non-hydrogen) atoms. The molecule has 3 unspecified atom stereocenters. The topological polar surface area (TPSA) is 41.7 Å². The number of nitrogens with zero attached hydrogens (tertiary/aromatic N) is 2. The molecule has 1 aliphatic carbocycles. The third-order valence-corrected chi connectivity index (χ3v) is 5.26. The summed E-state index contributed by atoms with van der Waals surface area (Å²) < 4.78 is 5.51. The van der Waals surface area contributed by atoms with Crippen LogP contribution >= 0.6 is 0 Å². The monoisotopic (exact) mass is 253 g/mol. The van der Waals surface area contributed by atoms with Crippen molar-refractivity contribution < 1.29 is 4.74 Å². The number of rotatable bonds is 4. The number of likely N-dealkylation sites (tertiary alicyclic amines) is 2. The molecule has 0 amide bonds. The molecule has 2 saturated heterocycles. The molecule has 0 aromatic carbocycles. The van der Waals surface area contributed by atoms with Crippen molar-refractivity contribution >= 4 is 0 Å². The Hall–Kier alpha value is -0.160. The zero-order valence-corrected chi connectivity index (χ0v) is 11.8. The van der Waals surface area contributed by atoms with Crippen LogP contribution < -0.4 is 5.73 Å². The van der Waals surface area contributed by atoms with Crippen molar-refractivity contribution in [1.29, 1.82) is 0 Å². The average Bonchev–Trinajstić information content (AvgIpc) is 2.99. The van der Waals surface area contributed by atoms with Crippen LogP contribution in [0.15, 0.2) is 0 Å². The summed E-state index contributed by atoms with van der Waals surface area (Å²) in [5.41, 5.74) is 6.39. The van der Waals surface area contributed by atoms with Crippen molar-refractivity contribution in [3.05, 3.63) is 0 Å². The number of hydrogen-bond donors (Lipinski definition) is 1. The fourth-order valence-corrected chi connectivity index (χ4v) is 3.98. The van der Waals surface area contributed by atoms with Gasteiger partial charge in [-0.3, -0.25) is 9.80 Å². The molecule has 2 heterocycles. The third-order valence-electron chi connectivity index (χ3n) is 5.26. The number of ether oxygens (including phenoxy) is 1. The van der Waals surface area contributed by atoms with Gasteiger partial charge in [0, 0.05) is 50.9 Å². The lowest BCUT2D eigenvalue weighted by Crippen LogP contribution is -2.55. The van der Waals surface area contributed by atoms with E-state index in [9.17, 15) is 0 Å². The summed E-state index contributed by atoms with van der Waals surface area (Å²) in [6.07, 6.45) is 5.60. The molecule has 2 N–H and O–H groups in total. The Bertz CT molecular complexity index is 307. The van der Waals surface area contributed by atoms with Gasteiger partial charge in [0.05, 0.1) is 6.10 Å². The summed E-state index contributed by atoms with van der Waals surface area (Å²) in [4.78, 5) is 5.31. The Kier molecular flexibility index (Phi) is 3.39. The van der Waals surface area contributed by atoms with E-state index in [-0.39, 0.29) is 5.54 Å². The minimum Gasteiger partial charge on any atom is -0.380 e. The van der Waals surface area contributed by atoms with E-state index in [1.54, 1.807) is 0 Å². The Morgan fingerprint density at radius 2 is 2.11 bits per heavy atom. The summed E-state index contributed by atoms with van der Waals surface area (Å²) in [7, 11) is 1.83. The zero-order valence-electron chi connectivity index (χ0n) is 11.8. The molecule has 0 spiro atoms. The highest BCUT2D eigenvalue weighted by Gasteiger charge is 2.50. The van der Waals surface area contributed by atoms with Gasteiger partial charge >= 0.3 is 0 Å².